The van der Waals surface area contributed by atoms with E-state index in [1.54, 1.807) is 57.2 Å². The van der Waals surface area contributed by atoms with Gasteiger partial charge in [-0.25, -0.2) is 8.42 Å². The average Bonchev–Trinajstić information content (AvgIpc) is 2.89. The zero-order valence-corrected chi connectivity index (χ0v) is 24.4. The van der Waals surface area contributed by atoms with Gasteiger partial charge < -0.3 is 15.4 Å². The number of amides is 2. The second-order valence-corrected chi connectivity index (χ2v) is 12.4. The molecule has 0 atom stereocenters. The molecule has 0 heterocycles. The number of esters is 1. The number of hydrogen-bond acceptors (Lipinski definition) is 6. The van der Waals surface area contributed by atoms with Gasteiger partial charge >= 0.3 is 5.97 Å². The highest BCUT2D eigenvalue weighted by Gasteiger charge is 2.30. The Morgan fingerprint density at radius 1 is 0.800 bits per heavy atom. The molecule has 0 saturated heterocycles. The van der Waals surface area contributed by atoms with Crippen LogP contribution in [0.15, 0.2) is 77.7 Å². The summed E-state index contributed by atoms with van der Waals surface area (Å²) in [5, 5.41) is 6.11. The molecule has 0 aliphatic carbocycles. The molecule has 0 spiro atoms. The number of nitrogens with one attached hydrogen (secondary N) is 2. The maximum Gasteiger partial charge on any atom is 0.327 e. The zero-order valence-electron chi connectivity index (χ0n) is 22.1. The van der Waals surface area contributed by atoms with Gasteiger partial charge in [0, 0.05) is 34.3 Å². The molecule has 0 saturated carbocycles. The summed E-state index contributed by atoms with van der Waals surface area (Å²) in [6.07, 6.45) is 0. The molecule has 0 aliphatic heterocycles. The summed E-state index contributed by atoms with van der Waals surface area (Å²) in [4.78, 5) is 37.4. The van der Waals surface area contributed by atoms with Gasteiger partial charge in [0.15, 0.2) is 0 Å². The molecule has 212 valence electrons. The number of nitrogens with zero attached hydrogens (tertiary/aromatic N) is 1. The van der Waals surface area contributed by atoms with Crippen LogP contribution in [0.5, 0.6) is 0 Å². The number of anilines is 1. The van der Waals surface area contributed by atoms with Crippen LogP contribution in [0.2, 0.25) is 10.0 Å². The third kappa shape index (κ3) is 8.70. The Morgan fingerprint density at radius 2 is 1.40 bits per heavy atom. The molecule has 3 aromatic rings. The second-order valence-electron chi connectivity index (χ2n) is 9.62. The fourth-order valence-electron chi connectivity index (χ4n) is 3.52. The van der Waals surface area contributed by atoms with E-state index in [4.69, 9.17) is 27.9 Å². The van der Waals surface area contributed by atoms with Crippen LogP contribution in [-0.2, 0) is 19.6 Å². The minimum absolute atomic E-state index is 0.0772. The SMILES string of the molecule is CC(C)(C)OC(=O)CN(c1cccc(Cl)c1)S(=O)(=O)c1cccc(C(=O)NCCNC(=O)c2ccc(Cl)cc2)c1. The molecule has 3 aromatic carbocycles. The van der Waals surface area contributed by atoms with E-state index in [0.29, 0.717) is 10.6 Å². The Labute approximate surface area is 243 Å². The van der Waals surface area contributed by atoms with Crippen LogP contribution in [0.4, 0.5) is 5.69 Å². The first-order chi connectivity index (χ1) is 18.8. The van der Waals surface area contributed by atoms with Crippen molar-refractivity contribution in [1.29, 1.82) is 0 Å². The van der Waals surface area contributed by atoms with E-state index in [9.17, 15) is 22.8 Å². The van der Waals surface area contributed by atoms with Gasteiger partial charge in [0.1, 0.15) is 12.1 Å². The molecule has 0 radical (unpaired) electrons. The highest BCUT2D eigenvalue weighted by Crippen LogP contribution is 2.27. The van der Waals surface area contributed by atoms with Crippen LogP contribution >= 0.6 is 23.2 Å². The van der Waals surface area contributed by atoms with Crippen LogP contribution in [0.1, 0.15) is 41.5 Å². The van der Waals surface area contributed by atoms with E-state index < -0.39 is 34.0 Å². The maximum absolute atomic E-state index is 13.7. The Balaban J connectivity index is 1.74. The zero-order chi connectivity index (χ0) is 29.5. The third-order valence-electron chi connectivity index (χ3n) is 5.28. The van der Waals surface area contributed by atoms with E-state index in [-0.39, 0.29) is 40.2 Å². The summed E-state index contributed by atoms with van der Waals surface area (Å²) in [7, 11) is -4.32. The van der Waals surface area contributed by atoms with Crippen molar-refractivity contribution >= 4 is 56.7 Å². The summed E-state index contributed by atoms with van der Waals surface area (Å²) < 4.78 is 33.6. The van der Waals surface area contributed by atoms with E-state index in [2.05, 4.69) is 10.6 Å². The van der Waals surface area contributed by atoms with Crippen molar-refractivity contribution in [2.45, 2.75) is 31.3 Å². The van der Waals surface area contributed by atoms with Gasteiger partial charge in [0.2, 0.25) is 0 Å². The number of ether oxygens (including phenoxy) is 1. The summed E-state index contributed by atoms with van der Waals surface area (Å²) in [6, 6.07) is 17.8. The van der Waals surface area contributed by atoms with Crippen LogP contribution in [-0.4, -0.2) is 51.4 Å². The molecule has 2 N–H and O–H groups in total. The van der Waals surface area contributed by atoms with Crippen molar-refractivity contribution in [1.82, 2.24) is 10.6 Å². The lowest BCUT2D eigenvalue weighted by molar-refractivity contribution is -0.152. The molecule has 12 heteroatoms. The molecular formula is C28H29Cl2N3O6S. The van der Waals surface area contributed by atoms with E-state index in [0.717, 1.165) is 4.31 Å². The van der Waals surface area contributed by atoms with Gasteiger partial charge in [-0.15, -0.1) is 0 Å². The molecule has 40 heavy (non-hydrogen) atoms. The van der Waals surface area contributed by atoms with Gasteiger partial charge in [0.05, 0.1) is 10.6 Å². The van der Waals surface area contributed by atoms with Gasteiger partial charge in [-0.2, -0.15) is 0 Å². The number of carbonyl (C=O) groups is 3. The van der Waals surface area contributed by atoms with E-state index in [1.165, 1.54) is 36.4 Å². The number of hydrogen-bond donors (Lipinski definition) is 2. The second kappa shape index (κ2) is 13.2. The summed E-state index contributed by atoms with van der Waals surface area (Å²) in [5.74, 6) is -1.63. The molecule has 3 rings (SSSR count). The molecule has 0 bridgehead atoms. The Hall–Kier alpha value is -3.60. The van der Waals surface area contributed by atoms with Gasteiger partial charge in [-0.05, 0) is 81.4 Å². The molecule has 0 unspecified atom stereocenters. The van der Waals surface area contributed by atoms with Crippen LogP contribution < -0.4 is 14.9 Å². The van der Waals surface area contributed by atoms with Crippen molar-refractivity contribution in [3.05, 3.63) is 94.0 Å². The molecular weight excluding hydrogens is 577 g/mol. The fraction of sp³-hybridized carbons (Fsp3) is 0.250. The number of sulfonamides is 1. The lowest BCUT2D eigenvalue weighted by Crippen LogP contribution is -2.39. The first kappa shape index (κ1) is 30.9. The van der Waals surface area contributed by atoms with Crippen LogP contribution in [0.3, 0.4) is 0 Å². The highest BCUT2D eigenvalue weighted by atomic mass is 35.5. The smallest absolute Gasteiger partial charge is 0.327 e. The van der Waals surface area contributed by atoms with E-state index >= 15 is 0 Å². The third-order valence-corrected chi connectivity index (χ3v) is 7.53. The van der Waals surface area contributed by atoms with Gasteiger partial charge in [-0.1, -0.05) is 35.3 Å². The van der Waals surface area contributed by atoms with Gasteiger partial charge in [0.25, 0.3) is 21.8 Å². The topological polar surface area (TPSA) is 122 Å². The van der Waals surface area contributed by atoms with Crippen molar-refractivity contribution in [2.75, 3.05) is 23.9 Å². The molecule has 0 fully saturated rings. The highest BCUT2D eigenvalue weighted by molar-refractivity contribution is 7.92. The van der Waals surface area contributed by atoms with Crippen molar-refractivity contribution < 1.29 is 27.5 Å². The standard InChI is InChI=1S/C28H29Cl2N3O6S/c1-28(2,3)39-25(34)18-33(23-8-5-7-22(30)17-23)40(37,38)24-9-4-6-20(16-24)27(36)32-15-14-31-26(35)19-10-12-21(29)13-11-19/h4-13,16-17H,14-15,18H2,1-3H3,(H,31,35)(H,32,36). The Bertz CT molecular complexity index is 1490. The maximum atomic E-state index is 13.7. The van der Waals surface area contributed by atoms with Gasteiger partial charge in [-0.3, -0.25) is 18.7 Å². The minimum Gasteiger partial charge on any atom is -0.459 e. The Kier molecular flexibility index (Phi) is 10.2. The first-order valence-electron chi connectivity index (χ1n) is 12.2. The number of halogens is 2. The monoisotopic (exact) mass is 605 g/mol. The lowest BCUT2D eigenvalue weighted by Gasteiger charge is -2.26. The predicted octanol–water partition coefficient (Wildman–Crippen LogP) is 4.69. The summed E-state index contributed by atoms with van der Waals surface area (Å²) in [5.41, 5.74) is -0.171. The average molecular weight is 607 g/mol. The predicted molar refractivity (Wildman–Crippen MR) is 154 cm³/mol. The van der Waals surface area contributed by atoms with Crippen molar-refractivity contribution in [2.24, 2.45) is 0 Å². The van der Waals surface area contributed by atoms with Crippen LogP contribution in [0, 0.1) is 0 Å². The molecule has 9 nitrogen and oxygen atoms in total. The Morgan fingerprint density at radius 3 is 2.00 bits per heavy atom. The first-order valence-corrected chi connectivity index (χ1v) is 14.4. The van der Waals surface area contributed by atoms with Crippen LogP contribution in [0.25, 0.3) is 0 Å². The number of carbonyl (C=O) groups excluding carboxylic acids is 3. The van der Waals surface area contributed by atoms with Crippen molar-refractivity contribution in [3.8, 4) is 0 Å². The molecule has 0 aliphatic rings. The normalized spacial score (nSPS) is 11.4. The fourth-order valence-corrected chi connectivity index (χ4v) is 5.28. The molecule has 2 amide bonds. The largest absolute Gasteiger partial charge is 0.459 e. The summed E-state index contributed by atoms with van der Waals surface area (Å²) in [6.45, 7) is 4.66. The number of rotatable bonds is 10. The minimum atomic E-state index is -4.32. The summed E-state index contributed by atoms with van der Waals surface area (Å²) >= 11 is 11.9. The van der Waals surface area contributed by atoms with E-state index in [1.807, 2.05) is 0 Å². The number of benzene rings is 3. The van der Waals surface area contributed by atoms with Crippen molar-refractivity contribution in [3.63, 3.8) is 0 Å². The quantitative estimate of drug-likeness (QED) is 0.255. The molecule has 0 aromatic heterocycles. The lowest BCUT2D eigenvalue weighted by atomic mass is 10.2.